The summed E-state index contributed by atoms with van der Waals surface area (Å²) in [6.45, 7) is 15.0. The summed E-state index contributed by atoms with van der Waals surface area (Å²) in [5.41, 5.74) is 8.66. The van der Waals surface area contributed by atoms with Gasteiger partial charge in [0.2, 0.25) is 0 Å². The van der Waals surface area contributed by atoms with Gasteiger partial charge in [0.15, 0.2) is 0 Å². The summed E-state index contributed by atoms with van der Waals surface area (Å²) in [5.74, 6) is 3.29. The minimum Gasteiger partial charge on any atom is -0.497 e. The normalized spacial score (nSPS) is 14.0. The molecule has 73 heavy (non-hydrogen) atoms. The van der Waals surface area contributed by atoms with Crippen molar-refractivity contribution in [3.8, 4) is 45.6 Å². The Morgan fingerprint density at radius 1 is 0.644 bits per heavy atom. The zero-order valence-corrected chi connectivity index (χ0v) is 44.2. The number of carboxylic acid groups (broad SMARTS) is 1. The lowest BCUT2D eigenvalue weighted by atomic mass is 9.80. The quantitative estimate of drug-likeness (QED) is 0.0587. The molecule has 3 N–H and O–H groups in total. The van der Waals surface area contributed by atoms with Crippen LogP contribution in [0.5, 0.6) is 34.5 Å². The van der Waals surface area contributed by atoms with E-state index in [9.17, 15) is 9.59 Å². The minimum atomic E-state index is -1.43. The second-order valence-electron chi connectivity index (χ2n) is 19.3. The maximum absolute atomic E-state index is 11.8. The van der Waals surface area contributed by atoms with Crippen LogP contribution in [0.2, 0.25) is 0 Å². The SMILES string of the molecule is C.CCOC(=O)C(C)Cc1ccc(OCc2cc(Br)cc3c2OC(C)(C)C3)cc1.COc1cccc(-c2cc(COc3ccc(CC(C)C(=O)O)cc3)c3c(c2)CC(C)(C)O3)c1.COc1cccc(B(O)O)c1. The van der Waals surface area contributed by atoms with Gasteiger partial charge in [0.25, 0.3) is 0 Å². The number of carbonyl (C=O) groups is 2. The van der Waals surface area contributed by atoms with Gasteiger partial charge in [-0.2, -0.15) is 0 Å². The number of carbonyl (C=O) groups excluding carboxylic acids is 1. The molecule has 388 valence electrons. The standard InChI is InChI=1S/C28H30O5.C23H27BrO4.C7H9BO3.CH4/c1-18(27(29)30)12-19-8-10-24(11-9-19)32-17-23-14-21(20-6-5-7-25(15-20)31-4)13-22-16-28(2,3)33-26(22)23;1-5-26-22(25)15(2)10-16-6-8-20(9-7-16)27-14-18-12-19(24)11-17-13-23(3,4)28-21(17)18;1-11-7-4-2-3-6(5-7)8(9)10;/h5-11,13-15,18H,12,16-17H2,1-4H3,(H,29,30);6-9,11-12,15H,5,10,13-14H2,1-4H3;2-5,9-10H,1H3;1H4. The smallest absolute Gasteiger partial charge is 0.488 e. The van der Waals surface area contributed by atoms with Crippen LogP contribution in [0.15, 0.2) is 126 Å². The van der Waals surface area contributed by atoms with Gasteiger partial charge in [-0.1, -0.05) is 85.7 Å². The van der Waals surface area contributed by atoms with Crippen molar-refractivity contribution in [2.75, 3.05) is 20.8 Å². The number of esters is 1. The van der Waals surface area contributed by atoms with Crippen LogP contribution < -0.4 is 33.9 Å². The van der Waals surface area contributed by atoms with Gasteiger partial charge in [-0.05, 0) is 159 Å². The second-order valence-corrected chi connectivity index (χ2v) is 20.2. The topological polar surface area (TPSA) is 159 Å². The zero-order chi connectivity index (χ0) is 52.2. The van der Waals surface area contributed by atoms with E-state index in [4.69, 9.17) is 48.3 Å². The van der Waals surface area contributed by atoms with Gasteiger partial charge in [0.1, 0.15) is 58.9 Å². The first-order chi connectivity index (χ1) is 34.2. The Morgan fingerprint density at radius 3 is 1.64 bits per heavy atom. The number of hydrogen-bond acceptors (Lipinski definition) is 11. The number of fused-ring (bicyclic) bond motifs is 2. The Balaban J connectivity index is 0.000000224. The van der Waals surface area contributed by atoms with E-state index in [1.165, 1.54) is 18.2 Å². The Morgan fingerprint density at radius 2 is 1.14 bits per heavy atom. The van der Waals surface area contributed by atoms with E-state index in [0.29, 0.717) is 43.9 Å². The monoisotopic (exact) mass is 1060 g/mol. The van der Waals surface area contributed by atoms with E-state index in [1.807, 2.05) is 80.6 Å². The molecule has 0 radical (unpaired) electrons. The van der Waals surface area contributed by atoms with Crippen LogP contribution in [0.1, 0.15) is 89.3 Å². The van der Waals surface area contributed by atoms with E-state index in [2.05, 4.69) is 74.0 Å². The van der Waals surface area contributed by atoms with Crippen LogP contribution in [-0.4, -0.2) is 66.2 Å². The van der Waals surface area contributed by atoms with Gasteiger partial charge in [-0.3, -0.25) is 9.59 Å². The summed E-state index contributed by atoms with van der Waals surface area (Å²) >= 11 is 3.59. The third-order valence-electron chi connectivity index (χ3n) is 12.1. The number of benzene rings is 6. The maximum Gasteiger partial charge on any atom is 0.488 e. The van der Waals surface area contributed by atoms with Gasteiger partial charge in [0.05, 0.1) is 32.7 Å². The van der Waals surface area contributed by atoms with Gasteiger partial charge in [-0.15, -0.1) is 0 Å². The fourth-order valence-corrected chi connectivity index (χ4v) is 9.00. The molecule has 6 aromatic carbocycles. The van der Waals surface area contributed by atoms with Gasteiger partial charge in [-0.25, -0.2) is 0 Å². The molecule has 0 spiro atoms. The fourth-order valence-electron chi connectivity index (χ4n) is 8.45. The molecule has 2 unspecified atom stereocenters. The van der Waals surface area contributed by atoms with Crippen molar-refractivity contribution in [1.82, 2.24) is 0 Å². The molecular formula is C59H70BBrO12. The largest absolute Gasteiger partial charge is 0.497 e. The first-order valence-electron chi connectivity index (χ1n) is 24.1. The average Bonchev–Trinajstić information content (AvgIpc) is 3.86. The van der Waals surface area contributed by atoms with Gasteiger partial charge >= 0.3 is 19.1 Å². The first-order valence-corrected chi connectivity index (χ1v) is 24.9. The minimum absolute atomic E-state index is 0. The van der Waals surface area contributed by atoms with E-state index in [1.54, 1.807) is 38.3 Å². The summed E-state index contributed by atoms with van der Waals surface area (Å²) in [4.78, 5) is 22.9. The number of carboxylic acids is 1. The third-order valence-corrected chi connectivity index (χ3v) is 12.5. The zero-order valence-electron chi connectivity index (χ0n) is 42.6. The highest BCUT2D eigenvalue weighted by Crippen LogP contribution is 2.42. The number of halogens is 1. The highest BCUT2D eigenvalue weighted by molar-refractivity contribution is 9.10. The van der Waals surface area contributed by atoms with Gasteiger partial charge < -0.3 is 48.3 Å². The average molecular weight is 1060 g/mol. The molecule has 2 aliphatic heterocycles. The number of rotatable bonds is 17. The fraction of sp³-hybridized carbons (Fsp3) is 0.356. The van der Waals surface area contributed by atoms with Crippen molar-refractivity contribution in [3.63, 3.8) is 0 Å². The van der Waals surface area contributed by atoms with Crippen LogP contribution >= 0.6 is 15.9 Å². The number of hydrogen-bond donors (Lipinski definition) is 3. The number of aliphatic carboxylic acids is 1. The highest BCUT2D eigenvalue weighted by atomic mass is 79.9. The summed E-state index contributed by atoms with van der Waals surface area (Å²) in [7, 11) is 1.78. The molecule has 2 atom stereocenters. The van der Waals surface area contributed by atoms with Crippen LogP contribution in [-0.2, 0) is 53.2 Å². The van der Waals surface area contributed by atoms with Crippen molar-refractivity contribution >= 4 is 40.4 Å². The molecule has 2 aliphatic rings. The molecule has 0 saturated carbocycles. The summed E-state index contributed by atoms with van der Waals surface area (Å²) < 4.78 is 40.9. The van der Waals surface area contributed by atoms with Crippen LogP contribution in [0.4, 0.5) is 0 Å². The molecule has 0 bridgehead atoms. The Labute approximate surface area is 439 Å². The van der Waals surface area contributed by atoms with Crippen LogP contribution in [0, 0.1) is 11.8 Å². The van der Waals surface area contributed by atoms with E-state index in [0.717, 1.165) is 79.4 Å². The van der Waals surface area contributed by atoms with Crippen molar-refractivity contribution in [1.29, 1.82) is 0 Å². The molecule has 0 amide bonds. The van der Waals surface area contributed by atoms with E-state index in [-0.39, 0.29) is 30.5 Å². The third kappa shape index (κ3) is 16.5. The molecule has 12 nitrogen and oxygen atoms in total. The molecule has 0 aromatic heterocycles. The molecule has 0 saturated heterocycles. The number of ether oxygens (including phenoxy) is 7. The van der Waals surface area contributed by atoms with Crippen molar-refractivity contribution in [2.24, 2.45) is 11.8 Å². The predicted octanol–water partition coefficient (Wildman–Crippen LogP) is 11.4. The van der Waals surface area contributed by atoms with Crippen molar-refractivity contribution in [3.05, 3.63) is 159 Å². The first kappa shape index (κ1) is 57.4. The van der Waals surface area contributed by atoms with Crippen molar-refractivity contribution < 1.29 is 57.9 Å². The Bertz CT molecular complexity index is 2770. The molecule has 0 fully saturated rings. The molecule has 0 aliphatic carbocycles. The summed E-state index contributed by atoms with van der Waals surface area (Å²) in [6, 6.07) is 38.7. The van der Waals surface area contributed by atoms with Crippen LogP contribution in [0.25, 0.3) is 11.1 Å². The molecule has 8 rings (SSSR count). The molecule has 2 heterocycles. The van der Waals surface area contributed by atoms with Gasteiger partial charge in [0, 0.05) is 28.4 Å². The molecule has 6 aromatic rings. The molecular weight excluding hydrogens is 991 g/mol. The molecule has 14 heteroatoms. The van der Waals surface area contributed by atoms with E-state index < -0.39 is 19.0 Å². The lowest BCUT2D eigenvalue weighted by Crippen LogP contribution is -2.29. The maximum atomic E-state index is 11.8. The second kappa shape index (κ2) is 26.0. The highest BCUT2D eigenvalue weighted by Gasteiger charge is 2.34. The van der Waals surface area contributed by atoms with E-state index >= 15 is 0 Å². The van der Waals surface area contributed by atoms with Crippen molar-refractivity contribution in [2.45, 2.75) is 106 Å². The number of methoxy groups -OCH3 is 2. The summed E-state index contributed by atoms with van der Waals surface area (Å²) in [6.07, 6.45) is 2.88. The lowest BCUT2D eigenvalue weighted by molar-refractivity contribution is -0.147. The summed E-state index contributed by atoms with van der Waals surface area (Å²) in [5, 5.41) is 26.6. The lowest BCUT2D eigenvalue weighted by Gasteiger charge is -2.18. The predicted molar refractivity (Wildman–Crippen MR) is 290 cm³/mol. The van der Waals surface area contributed by atoms with Crippen LogP contribution in [0.3, 0.4) is 0 Å². The Kier molecular flexibility index (Phi) is 20.4. The Hall–Kier alpha value is -6.48.